The number of benzene rings is 1. The van der Waals surface area contributed by atoms with E-state index in [1.54, 1.807) is 0 Å². The van der Waals surface area contributed by atoms with E-state index in [9.17, 15) is 0 Å². The smallest absolute Gasteiger partial charge is 0.0832 e. The van der Waals surface area contributed by atoms with E-state index in [4.69, 9.17) is 0 Å². The van der Waals surface area contributed by atoms with Gasteiger partial charge in [-0.2, -0.15) is 0 Å². The van der Waals surface area contributed by atoms with Gasteiger partial charge in [-0.05, 0) is 48.0 Å². The zero-order valence-corrected chi connectivity index (χ0v) is 14.2. The number of rotatable bonds is 7. The molecule has 2 rings (SSSR count). The molecule has 0 spiro atoms. The Morgan fingerprint density at radius 1 is 1.14 bits per heavy atom. The minimum Gasteiger partial charge on any atom is -0.305 e. The highest BCUT2D eigenvalue weighted by molar-refractivity contribution is 7.05. The molecular formula is C17H25N3S. The van der Waals surface area contributed by atoms with Crippen molar-refractivity contribution in [2.24, 2.45) is 0 Å². The maximum Gasteiger partial charge on any atom is 0.0832 e. The lowest BCUT2D eigenvalue weighted by Gasteiger charge is -2.19. The molecule has 1 N–H and O–H groups in total. The van der Waals surface area contributed by atoms with E-state index in [0.717, 1.165) is 25.1 Å². The van der Waals surface area contributed by atoms with Crippen molar-refractivity contribution in [2.75, 3.05) is 6.54 Å². The van der Waals surface area contributed by atoms with Crippen LogP contribution in [0, 0.1) is 0 Å². The second-order valence-corrected chi connectivity index (χ2v) is 6.45. The van der Waals surface area contributed by atoms with Crippen molar-refractivity contribution in [3.63, 3.8) is 0 Å². The lowest BCUT2D eigenvalue weighted by molar-refractivity contribution is 0.596. The number of nitrogens with one attached hydrogen (secondary N) is 1. The Hall–Kier alpha value is -1.26. The Morgan fingerprint density at radius 2 is 1.86 bits per heavy atom. The molecule has 0 bridgehead atoms. The zero-order chi connectivity index (χ0) is 15.2. The van der Waals surface area contributed by atoms with E-state index in [2.05, 4.69) is 66.9 Å². The van der Waals surface area contributed by atoms with Crippen molar-refractivity contribution >= 4 is 11.5 Å². The molecule has 21 heavy (non-hydrogen) atoms. The Labute approximate surface area is 132 Å². The van der Waals surface area contributed by atoms with Gasteiger partial charge in [0.15, 0.2) is 0 Å². The van der Waals surface area contributed by atoms with Crippen LogP contribution in [-0.2, 0) is 6.42 Å². The summed E-state index contributed by atoms with van der Waals surface area (Å²) in [6.07, 6.45) is 2.19. The minimum atomic E-state index is 0.202. The van der Waals surface area contributed by atoms with Crippen molar-refractivity contribution in [3.05, 3.63) is 46.0 Å². The summed E-state index contributed by atoms with van der Waals surface area (Å²) in [6.45, 7) is 9.73. The monoisotopic (exact) mass is 303 g/mol. The van der Waals surface area contributed by atoms with Gasteiger partial charge in [-0.1, -0.05) is 56.4 Å². The molecule has 0 fully saturated rings. The molecule has 114 valence electrons. The van der Waals surface area contributed by atoms with Gasteiger partial charge >= 0.3 is 0 Å². The van der Waals surface area contributed by atoms with Crippen LogP contribution in [0.2, 0.25) is 0 Å². The van der Waals surface area contributed by atoms with E-state index in [0.29, 0.717) is 5.92 Å². The fourth-order valence-corrected chi connectivity index (χ4v) is 3.31. The molecule has 0 radical (unpaired) electrons. The Balaban J connectivity index is 2.34. The highest BCUT2D eigenvalue weighted by Crippen LogP contribution is 2.31. The van der Waals surface area contributed by atoms with Crippen LogP contribution in [0.15, 0.2) is 24.3 Å². The van der Waals surface area contributed by atoms with E-state index in [1.807, 2.05) is 0 Å². The molecule has 0 amide bonds. The summed E-state index contributed by atoms with van der Waals surface area (Å²) >= 11 is 1.52. The fourth-order valence-electron chi connectivity index (χ4n) is 2.40. The summed E-state index contributed by atoms with van der Waals surface area (Å²) in [5.74, 6) is 0.402. The van der Waals surface area contributed by atoms with Crippen LogP contribution in [0.1, 0.15) is 67.8 Å². The average Bonchev–Trinajstić information content (AvgIpc) is 2.98. The van der Waals surface area contributed by atoms with Crippen molar-refractivity contribution < 1.29 is 0 Å². The standard InChI is InChI=1S/C17H25N3S/c1-5-11-18-16(14-9-7-13(6-2)8-10-14)17-15(12(3)4)19-20-21-17/h7-10,12,16,18H,5-6,11H2,1-4H3. The van der Waals surface area contributed by atoms with Gasteiger partial charge in [0.25, 0.3) is 0 Å². The SMILES string of the molecule is CCCNC(c1ccc(CC)cc1)c1snnc1C(C)C. The molecule has 0 aliphatic heterocycles. The summed E-state index contributed by atoms with van der Waals surface area (Å²) in [7, 11) is 0. The maximum absolute atomic E-state index is 4.33. The molecule has 1 atom stereocenters. The summed E-state index contributed by atoms with van der Waals surface area (Å²) in [6, 6.07) is 9.11. The van der Waals surface area contributed by atoms with Gasteiger partial charge in [0, 0.05) is 0 Å². The third-order valence-electron chi connectivity index (χ3n) is 3.67. The van der Waals surface area contributed by atoms with Crippen molar-refractivity contribution in [2.45, 2.75) is 52.5 Å². The summed E-state index contributed by atoms with van der Waals surface area (Å²) < 4.78 is 4.18. The lowest BCUT2D eigenvalue weighted by Crippen LogP contribution is -2.23. The number of hydrogen-bond donors (Lipinski definition) is 1. The normalized spacial score (nSPS) is 12.8. The van der Waals surface area contributed by atoms with Gasteiger partial charge in [-0.15, -0.1) is 5.10 Å². The van der Waals surface area contributed by atoms with Gasteiger partial charge in [0.05, 0.1) is 16.6 Å². The molecular weight excluding hydrogens is 278 g/mol. The first kappa shape index (κ1) is 16.1. The Morgan fingerprint density at radius 3 is 2.43 bits per heavy atom. The van der Waals surface area contributed by atoms with Gasteiger partial charge in [0.2, 0.25) is 0 Å². The molecule has 0 saturated heterocycles. The van der Waals surface area contributed by atoms with E-state index in [-0.39, 0.29) is 6.04 Å². The molecule has 0 saturated carbocycles. The first-order valence-electron chi connectivity index (χ1n) is 7.81. The summed E-state index contributed by atoms with van der Waals surface area (Å²) in [5, 5.41) is 7.98. The third-order valence-corrected chi connectivity index (χ3v) is 4.47. The number of hydrogen-bond acceptors (Lipinski definition) is 4. The minimum absolute atomic E-state index is 0.202. The summed E-state index contributed by atoms with van der Waals surface area (Å²) in [4.78, 5) is 1.25. The van der Waals surface area contributed by atoms with Crippen LogP contribution in [0.5, 0.6) is 0 Å². The van der Waals surface area contributed by atoms with Crippen molar-refractivity contribution in [1.82, 2.24) is 14.9 Å². The van der Waals surface area contributed by atoms with Crippen LogP contribution in [0.25, 0.3) is 0 Å². The van der Waals surface area contributed by atoms with Gasteiger partial charge in [0.1, 0.15) is 0 Å². The molecule has 4 heteroatoms. The molecule has 3 nitrogen and oxygen atoms in total. The molecule has 1 unspecified atom stereocenters. The predicted octanol–water partition coefficient (Wildman–Crippen LogP) is 4.31. The first-order chi connectivity index (χ1) is 10.2. The fraction of sp³-hybridized carbons (Fsp3) is 0.529. The molecule has 0 aliphatic rings. The largest absolute Gasteiger partial charge is 0.305 e. The van der Waals surface area contributed by atoms with Crippen LogP contribution in [0.4, 0.5) is 0 Å². The zero-order valence-electron chi connectivity index (χ0n) is 13.4. The maximum atomic E-state index is 4.33. The van der Waals surface area contributed by atoms with Crippen LogP contribution in [0.3, 0.4) is 0 Å². The molecule has 0 aliphatic carbocycles. The predicted molar refractivity (Wildman–Crippen MR) is 90.0 cm³/mol. The van der Waals surface area contributed by atoms with Crippen LogP contribution in [-0.4, -0.2) is 16.1 Å². The first-order valence-corrected chi connectivity index (χ1v) is 8.59. The van der Waals surface area contributed by atoms with Gasteiger partial charge in [-0.25, -0.2) is 0 Å². The Kier molecular flexibility index (Phi) is 5.88. The second kappa shape index (κ2) is 7.66. The quantitative estimate of drug-likeness (QED) is 0.828. The van der Waals surface area contributed by atoms with E-state index in [1.165, 1.54) is 27.5 Å². The summed E-state index contributed by atoms with van der Waals surface area (Å²) in [5.41, 5.74) is 3.79. The lowest BCUT2D eigenvalue weighted by atomic mass is 9.98. The number of aromatic nitrogens is 2. The third kappa shape index (κ3) is 3.89. The van der Waals surface area contributed by atoms with E-state index >= 15 is 0 Å². The van der Waals surface area contributed by atoms with Gasteiger partial charge < -0.3 is 5.32 Å². The molecule has 2 aromatic rings. The van der Waals surface area contributed by atoms with Crippen LogP contribution < -0.4 is 5.32 Å². The molecule has 1 aromatic heterocycles. The number of nitrogens with zero attached hydrogens (tertiary/aromatic N) is 2. The highest BCUT2D eigenvalue weighted by Gasteiger charge is 2.22. The Bertz CT molecular complexity index is 545. The van der Waals surface area contributed by atoms with E-state index < -0.39 is 0 Å². The van der Waals surface area contributed by atoms with Crippen molar-refractivity contribution in [3.8, 4) is 0 Å². The highest BCUT2D eigenvalue weighted by atomic mass is 32.1. The molecule has 1 aromatic carbocycles. The van der Waals surface area contributed by atoms with Crippen molar-refractivity contribution in [1.29, 1.82) is 0 Å². The topological polar surface area (TPSA) is 37.8 Å². The van der Waals surface area contributed by atoms with Crippen LogP contribution >= 0.6 is 11.5 Å². The average molecular weight is 303 g/mol. The second-order valence-electron chi connectivity index (χ2n) is 5.66. The van der Waals surface area contributed by atoms with Gasteiger partial charge in [-0.3, -0.25) is 0 Å². The number of aryl methyl sites for hydroxylation is 1. The molecule has 1 heterocycles.